The summed E-state index contributed by atoms with van der Waals surface area (Å²) in [6.45, 7) is 8.29. The van der Waals surface area contributed by atoms with Crippen molar-refractivity contribution in [2.24, 2.45) is 5.92 Å². The third kappa shape index (κ3) is 5.09. The number of amides is 1. The van der Waals surface area contributed by atoms with E-state index in [0.717, 1.165) is 19.6 Å². The van der Waals surface area contributed by atoms with Crippen molar-refractivity contribution in [2.45, 2.75) is 20.0 Å². The molecule has 0 aromatic carbocycles. The molecule has 0 aliphatic carbocycles. The van der Waals surface area contributed by atoms with E-state index in [1.165, 1.54) is 0 Å². The van der Waals surface area contributed by atoms with Crippen molar-refractivity contribution in [3.8, 4) is 0 Å². The van der Waals surface area contributed by atoms with Crippen LogP contribution in [0.15, 0.2) is 12.1 Å². The van der Waals surface area contributed by atoms with E-state index in [-0.39, 0.29) is 27.9 Å². The summed E-state index contributed by atoms with van der Waals surface area (Å²) in [7, 11) is 0. The predicted molar refractivity (Wildman–Crippen MR) is 87.6 cm³/mol. The lowest BCUT2D eigenvalue weighted by Crippen LogP contribution is -2.48. The van der Waals surface area contributed by atoms with Crippen LogP contribution in [0.1, 0.15) is 24.3 Å². The molecular weight excluding hydrogens is 325 g/mol. The van der Waals surface area contributed by atoms with E-state index in [2.05, 4.69) is 29.0 Å². The van der Waals surface area contributed by atoms with Gasteiger partial charge in [0.15, 0.2) is 0 Å². The summed E-state index contributed by atoms with van der Waals surface area (Å²) in [6.07, 6.45) is -0.0191. The average molecular weight is 346 g/mol. The summed E-state index contributed by atoms with van der Waals surface area (Å²) < 4.78 is 5.69. The number of morpholine rings is 1. The number of carbonyl (C=O) groups is 1. The number of halogens is 2. The highest BCUT2D eigenvalue weighted by Crippen LogP contribution is 2.16. The minimum atomic E-state index is -0.336. The highest BCUT2D eigenvalue weighted by atomic mass is 35.5. The number of pyridine rings is 1. The molecule has 1 N–H and O–H groups in total. The Morgan fingerprint density at radius 3 is 3.00 bits per heavy atom. The molecule has 122 valence electrons. The summed E-state index contributed by atoms with van der Waals surface area (Å²) in [6, 6.07) is 3.11. The van der Waals surface area contributed by atoms with E-state index in [1.807, 2.05) is 0 Å². The molecule has 5 nitrogen and oxygen atoms in total. The zero-order valence-corrected chi connectivity index (χ0v) is 14.3. The maximum absolute atomic E-state index is 12.1. The fraction of sp³-hybridized carbons (Fsp3) is 0.600. The van der Waals surface area contributed by atoms with Gasteiger partial charge >= 0.3 is 0 Å². The molecule has 0 spiro atoms. The van der Waals surface area contributed by atoms with Gasteiger partial charge in [-0.1, -0.05) is 37.0 Å². The summed E-state index contributed by atoms with van der Waals surface area (Å²) in [4.78, 5) is 18.5. The quantitative estimate of drug-likeness (QED) is 0.833. The van der Waals surface area contributed by atoms with Crippen LogP contribution in [-0.4, -0.2) is 54.7 Å². The van der Waals surface area contributed by atoms with Crippen LogP contribution in [0, 0.1) is 5.92 Å². The molecule has 0 unspecified atom stereocenters. The van der Waals surface area contributed by atoms with E-state index >= 15 is 0 Å². The largest absolute Gasteiger partial charge is 0.374 e. The van der Waals surface area contributed by atoms with Gasteiger partial charge in [0.2, 0.25) is 0 Å². The molecule has 0 saturated carbocycles. The minimum absolute atomic E-state index is 0.0191. The summed E-state index contributed by atoms with van der Waals surface area (Å²) in [5.41, 5.74) is 0.143. The van der Waals surface area contributed by atoms with Crippen molar-refractivity contribution in [3.05, 3.63) is 28.0 Å². The predicted octanol–water partition coefficient (Wildman–Crippen LogP) is 2.48. The molecule has 2 heterocycles. The number of nitrogens with zero attached hydrogens (tertiary/aromatic N) is 2. The lowest BCUT2D eigenvalue weighted by Gasteiger charge is -2.33. The van der Waals surface area contributed by atoms with Crippen LogP contribution in [0.5, 0.6) is 0 Å². The van der Waals surface area contributed by atoms with E-state index in [0.29, 0.717) is 19.1 Å². The number of nitrogens with one attached hydrogen (secondary N) is 1. The number of hydrogen-bond acceptors (Lipinski definition) is 4. The van der Waals surface area contributed by atoms with Crippen molar-refractivity contribution in [1.29, 1.82) is 0 Å². The second-order valence-electron chi connectivity index (χ2n) is 5.82. The monoisotopic (exact) mass is 345 g/mol. The van der Waals surface area contributed by atoms with Crippen molar-refractivity contribution in [1.82, 2.24) is 15.2 Å². The topological polar surface area (TPSA) is 54.5 Å². The Kier molecular flexibility index (Phi) is 6.44. The first-order valence-electron chi connectivity index (χ1n) is 7.40. The Morgan fingerprint density at radius 2 is 2.27 bits per heavy atom. The molecule has 7 heteroatoms. The highest BCUT2D eigenvalue weighted by molar-refractivity contribution is 6.34. The Hall–Kier alpha value is -0.880. The Labute approximate surface area is 140 Å². The van der Waals surface area contributed by atoms with E-state index in [9.17, 15) is 4.79 Å². The average Bonchev–Trinajstić information content (AvgIpc) is 2.47. The lowest BCUT2D eigenvalue weighted by molar-refractivity contribution is -0.0295. The molecule has 1 atom stereocenters. The van der Waals surface area contributed by atoms with E-state index in [4.69, 9.17) is 27.9 Å². The van der Waals surface area contributed by atoms with Crippen molar-refractivity contribution in [3.63, 3.8) is 0 Å². The SMILES string of the molecule is CC(C)CN1CCO[C@H](CNC(=O)c2nc(Cl)ccc2Cl)C1. The van der Waals surface area contributed by atoms with Crippen molar-refractivity contribution < 1.29 is 9.53 Å². The van der Waals surface area contributed by atoms with Gasteiger partial charge in [0, 0.05) is 26.2 Å². The molecule has 1 fully saturated rings. The Morgan fingerprint density at radius 1 is 1.50 bits per heavy atom. The van der Waals surface area contributed by atoms with Crippen LogP contribution in [0.2, 0.25) is 10.2 Å². The first-order valence-corrected chi connectivity index (χ1v) is 8.15. The van der Waals surface area contributed by atoms with Crippen LogP contribution in [0.3, 0.4) is 0 Å². The molecule has 1 amide bonds. The molecule has 1 aliphatic rings. The smallest absolute Gasteiger partial charge is 0.271 e. The van der Waals surface area contributed by atoms with Crippen molar-refractivity contribution >= 4 is 29.1 Å². The standard InChI is InChI=1S/C15H21Cl2N3O2/c1-10(2)8-20-5-6-22-11(9-20)7-18-15(21)14-12(16)3-4-13(17)19-14/h3-4,10-11H,5-9H2,1-2H3,(H,18,21)/t11-/m1/s1. The molecule has 0 bridgehead atoms. The molecule has 1 aromatic heterocycles. The Bertz CT molecular complexity index is 526. The number of hydrogen-bond donors (Lipinski definition) is 1. The maximum Gasteiger partial charge on any atom is 0.271 e. The first kappa shape index (κ1) is 17.5. The van der Waals surface area contributed by atoms with Gasteiger partial charge in [-0.2, -0.15) is 0 Å². The third-order valence-electron chi connectivity index (χ3n) is 3.36. The van der Waals surface area contributed by atoms with Crippen LogP contribution < -0.4 is 5.32 Å². The molecule has 0 radical (unpaired) electrons. The van der Waals surface area contributed by atoms with Crippen LogP contribution >= 0.6 is 23.2 Å². The van der Waals surface area contributed by atoms with Gasteiger partial charge < -0.3 is 10.1 Å². The normalized spacial score (nSPS) is 19.4. The molecule has 2 rings (SSSR count). The summed E-state index contributed by atoms with van der Waals surface area (Å²) in [5.74, 6) is 0.278. The minimum Gasteiger partial charge on any atom is -0.374 e. The highest BCUT2D eigenvalue weighted by Gasteiger charge is 2.22. The zero-order valence-electron chi connectivity index (χ0n) is 12.8. The second-order valence-corrected chi connectivity index (χ2v) is 6.62. The van der Waals surface area contributed by atoms with Crippen LogP contribution in [0.4, 0.5) is 0 Å². The van der Waals surface area contributed by atoms with Gasteiger partial charge in [-0.3, -0.25) is 9.69 Å². The van der Waals surface area contributed by atoms with Gasteiger partial charge in [-0.15, -0.1) is 0 Å². The fourth-order valence-electron chi connectivity index (χ4n) is 2.45. The summed E-state index contributed by atoms with van der Waals surface area (Å²) >= 11 is 11.8. The molecule has 1 aromatic rings. The van der Waals surface area contributed by atoms with Gasteiger partial charge in [-0.25, -0.2) is 4.98 Å². The number of ether oxygens (including phenoxy) is 1. The van der Waals surface area contributed by atoms with Gasteiger partial charge in [0.05, 0.1) is 17.7 Å². The Balaban J connectivity index is 1.86. The zero-order chi connectivity index (χ0) is 16.1. The first-order chi connectivity index (χ1) is 10.5. The number of aromatic nitrogens is 1. The van der Waals surface area contributed by atoms with Gasteiger partial charge in [-0.05, 0) is 18.1 Å². The van der Waals surface area contributed by atoms with Crippen LogP contribution in [0.25, 0.3) is 0 Å². The molecular formula is C15H21Cl2N3O2. The molecule has 1 aliphatic heterocycles. The van der Waals surface area contributed by atoms with E-state index < -0.39 is 0 Å². The van der Waals surface area contributed by atoms with Gasteiger partial charge in [0.25, 0.3) is 5.91 Å². The number of rotatable bonds is 5. The van der Waals surface area contributed by atoms with Crippen LogP contribution in [-0.2, 0) is 4.74 Å². The number of carbonyl (C=O) groups excluding carboxylic acids is 1. The second kappa shape index (κ2) is 8.11. The lowest BCUT2D eigenvalue weighted by atomic mass is 10.2. The maximum atomic E-state index is 12.1. The third-order valence-corrected chi connectivity index (χ3v) is 3.88. The fourth-order valence-corrected chi connectivity index (χ4v) is 2.79. The van der Waals surface area contributed by atoms with E-state index in [1.54, 1.807) is 12.1 Å². The van der Waals surface area contributed by atoms with Gasteiger partial charge in [0.1, 0.15) is 10.8 Å². The molecule has 1 saturated heterocycles. The molecule has 22 heavy (non-hydrogen) atoms. The van der Waals surface area contributed by atoms with Crippen molar-refractivity contribution in [2.75, 3.05) is 32.8 Å². The summed E-state index contributed by atoms with van der Waals surface area (Å²) in [5, 5.41) is 3.34.